The van der Waals surface area contributed by atoms with Crippen LogP contribution in [-0.4, -0.2) is 45.0 Å². The number of H-pyrrole nitrogens is 1. The van der Waals surface area contributed by atoms with Crippen molar-refractivity contribution in [1.82, 2.24) is 15.2 Å². The van der Waals surface area contributed by atoms with Gasteiger partial charge in [0.05, 0.1) is 6.04 Å². The number of nitrogens with zero attached hydrogens (tertiary/aromatic N) is 1. The maximum atomic E-state index is 13.1. The lowest BCUT2D eigenvalue weighted by molar-refractivity contribution is -0.150. The topological polar surface area (TPSA) is 112 Å². The molecular weight excluding hydrogens is 398 g/mol. The van der Waals surface area contributed by atoms with Gasteiger partial charge in [0.1, 0.15) is 18.7 Å². The number of para-hydroxylation sites is 1. The highest BCUT2D eigenvalue weighted by molar-refractivity contribution is 5.94. The number of carbonyl (C=O) groups is 3. The lowest BCUT2D eigenvalue weighted by Gasteiger charge is -2.35. The first-order valence-electron chi connectivity index (χ1n) is 10.1. The predicted octanol–water partition coefficient (Wildman–Crippen LogP) is 2.75. The molecular formula is C23H21N3O5. The molecule has 5 rings (SSSR count). The van der Waals surface area contributed by atoms with Crippen LogP contribution in [0.5, 0.6) is 0 Å². The number of carbonyl (C=O) groups excluding carboxylic acids is 2. The smallest absolute Gasteiger partial charge is 0.408 e. The molecule has 0 unspecified atom stereocenters. The van der Waals surface area contributed by atoms with Gasteiger partial charge >= 0.3 is 12.1 Å². The Morgan fingerprint density at radius 1 is 1.13 bits per heavy atom. The van der Waals surface area contributed by atoms with Crippen LogP contribution in [0, 0.1) is 0 Å². The number of alkyl carbamates (subject to hydrolysis) is 1. The number of benzene rings is 2. The van der Waals surface area contributed by atoms with Gasteiger partial charge in [-0.1, -0.05) is 48.5 Å². The molecule has 0 bridgehead atoms. The largest absolute Gasteiger partial charge is 0.480 e. The quantitative estimate of drug-likeness (QED) is 0.602. The summed E-state index contributed by atoms with van der Waals surface area (Å²) in [5.41, 5.74) is 3.50. The summed E-state index contributed by atoms with van der Waals surface area (Å²) >= 11 is 0. The molecule has 3 heterocycles. The average molecular weight is 419 g/mol. The Balaban J connectivity index is 1.38. The van der Waals surface area contributed by atoms with Crippen molar-refractivity contribution >= 4 is 28.9 Å². The van der Waals surface area contributed by atoms with Crippen molar-refractivity contribution in [2.24, 2.45) is 0 Å². The normalized spacial score (nSPS) is 22.1. The van der Waals surface area contributed by atoms with Crippen molar-refractivity contribution < 1.29 is 24.2 Å². The third-order valence-electron chi connectivity index (χ3n) is 6.05. The van der Waals surface area contributed by atoms with E-state index in [2.05, 4.69) is 10.3 Å². The van der Waals surface area contributed by atoms with Gasteiger partial charge in [-0.15, -0.1) is 0 Å². The molecule has 2 aliphatic heterocycles. The molecule has 8 nitrogen and oxygen atoms in total. The SMILES string of the molecule is O=C(N[C@@H]1C[C@H]2c3[nH]c4ccccc4c3C[C@H](C(=O)O)N2C1=O)OCc1ccccc1. The van der Waals surface area contributed by atoms with Crippen LogP contribution in [0.4, 0.5) is 4.79 Å². The van der Waals surface area contributed by atoms with E-state index in [1.807, 2.05) is 54.6 Å². The molecule has 3 N–H and O–H groups in total. The fourth-order valence-electron chi connectivity index (χ4n) is 4.65. The molecule has 1 fully saturated rings. The molecule has 1 saturated heterocycles. The molecule has 3 aromatic rings. The molecule has 8 heteroatoms. The summed E-state index contributed by atoms with van der Waals surface area (Å²) in [6, 6.07) is 14.7. The summed E-state index contributed by atoms with van der Waals surface area (Å²) in [4.78, 5) is 42.1. The average Bonchev–Trinajstić information content (AvgIpc) is 3.30. The minimum absolute atomic E-state index is 0.0879. The number of hydrogen-bond acceptors (Lipinski definition) is 4. The highest BCUT2D eigenvalue weighted by atomic mass is 16.5. The van der Waals surface area contributed by atoms with Gasteiger partial charge in [0, 0.05) is 29.4 Å². The van der Waals surface area contributed by atoms with Crippen LogP contribution in [0.1, 0.15) is 29.3 Å². The lowest BCUT2D eigenvalue weighted by Crippen LogP contribution is -2.50. The van der Waals surface area contributed by atoms with Crippen LogP contribution in [-0.2, 0) is 27.4 Å². The number of fused-ring (bicyclic) bond motifs is 5. The minimum Gasteiger partial charge on any atom is -0.480 e. The lowest BCUT2D eigenvalue weighted by atomic mass is 9.92. The van der Waals surface area contributed by atoms with E-state index in [0.717, 1.165) is 27.7 Å². The second-order valence-electron chi connectivity index (χ2n) is 7.88. The molecule has 0 radical (unpaired) electrons. The second kappa shape index (κ2) is 7.46. The van der Waals surface area contributed by atoms with Gasteiger partial charge < -0.3 is 25.0 Å². The maximum Gasteiger partial charge on any atom is 0.408 e. The first kappa shape index (κ1) is 19.2. The Morgan fingerprint density at radius 3 is 2.65 bits per heavy atom. The van der Waals surface area contributed by atoms with Gasteiger partial charge in [0.25, 0.3) is 0 Å². The number of ether oxygens (including phenoxy) is 1. The van der Waals surface area contributed by atoms with Crippen LogP contribution >= 0.6 is 0 Å². The van der Waals surface area contributed by atoms with E-state index in [9.17, 15) is 19.5 Å². The Labute approximate surface area is 177 Å². The number of carboxylic acids is 1. The molecule has 0 spiro atoms. The van der Waals surface area contributed by atoms with Crippen LogP contribution in [0.25, 0.3) is 10.9 Å². The summed E-state index contributed by atoms with van der Waals surface area (Å²) in [7, 11) is 0. The van der Waals surface area contributed by atoms with E-state index in [1.54, 1.807) is 0 Å². The third kappa shape index (κ3) is 3.30. The maximum absolute atomic E-state index is 13.1. The molecule has 158 valence electrons. The van der Waals surface area contributed by atoms with Crippen molar-refractivity contribution in [2.45, 2.75) is 37.6 Å². The van der Waals surface area contributed by atoms with Gasteiger partial charge in [-0.3, -0.25) is 4.79 Å². The molecule has 2 aliphatic rings. The van der Waals surface area contributed by atoms with Crippen molar-refractivity contribution in [3.63, 3.8) is 0 Å². The number of aromatic nitrogens is 1. The fraction of sp³-hybridized carbons (Fsp3) is 0.261. The highest BCUT2D eigenvalue weighted by Gasteiger charge is 2.50. The first-order chi connectivity index (χ1) is 15.0. The van der Waals surface area contributed by atoms with Gasteiger partial charge in [-0.25, -0.2) is 9.59 Å². The van der Waals surface area contributed by atoms with E-state index in [4.69, 9.17) is 4.74 Å². The van der Waals surface area contributed by atoms with E-state index < -0.39 is 36.1 Å². The number of hydrogen-bond donors (Lipinski definition) is 3. The minimum atomic E-state index is -1.05. The standard InChI is InChI=1S/C23H21N3O5/c27-21-17(25-23(30)31-12-13-6-2-1-3-7-13)11-18-20-15(10-19(22(28)29)26(18)21)14-8-4-5-9-16(14)24-20/h1-9,17-19,24H,10-12H2,(H,25,30)(H,28,29)/t17-,18+,19-/m1/s1. The third-order valence-corrected chi connectivity index (χ3v) is 6.05. The van der Waals surface area contributed by atoms with Crippen LogP contribution < -0.4 is 5.32 Å². The second-order valence-corrected chi connectivity index (χ2v) is 7.88. The Bertz CT molecular complexity index is 1170. The molecule has 0 aliphatic carbocycles. The highest BCUT2D eigenvalue weighted by Crippen LogP contribution is 2.43. The Hall–Kier alpha value is -3.81. The number of amides is 2. The summed E-state index contributed by atoms with van der Waals surface area (Å²) in [6.07, 6.45) is -0.198. The zero-order valence-electron chi connectivity index (χ0n) is 16.6. The van der Waals surface area contributed by atoms with Crippen molar-refractivity contribution in [1.29, 1.82) is 0 Å². The van der Waals surface area contributed by atoms with E-state index in [-0.39, 0.29) is 19.4 Å². The zero-order chi connectivity index (χ0) is 21.5. The van der Waals surface area contributed by atoms with Crippen molar-refractivity contribution in [3.05, 3.63) is 71.4 Å². The van der Waals surface area contributed by atoms with Gasteiger partial charge in [0.2, 0.25) is 5.91 Å². The molecule has 3 atom stereocenters. The zero-order valence-corrected chi connectivity index (χ0v) is 16.6. The van der Waals surface area contributed by atoms with E-state index in [1.165, 1.54) is 4.90 Å². The molecule has 2 amide bonds. The molecule has 1 aromatic heterocycles. The Kier molecular flexibility index (Phi) is 4.62. The number of rotatable bonds is 4. The molecule has 31 heavy (non-hydrogen) atoms. The summed E-state index contributed by atoms with van der Waals surface area (Å²) < 4.78 is 5.24. The van der Waals surface area contributed by atoms with E-state index in [0.29, 0.717) is 0 Å². The number of aromatic amines is 1. The number of aliphatic carboxylic acids is 1. The summed E-state index contributed by atoms with van der Waals surface area (Å²) in [5.74, 6) is -1.46. The van der Waals surface area contributed by atoms with Crippen LogP contribution in [0.3, 0.4) is 0 Å². The van der Waals surface area contributed by atoms with Gasteiger partial charge in [-0.2, -0.15) is 0 Å². The van der Waals surface area contributed by atoms with Gasteiger partial charge in [-0.05, 0) is 17.2 Å². The van der Waals surface area contributed by atoms with E-state index >= 15 is 0 Å². The predicted molar refractivity (Wildman–Crippen MR) is 111 cm³/mol. The van der Waals surface area contributed by atoms with Crippen LogP contribution in [0.15, 0.2) is 54.6 Å². The number of nitrogens with one attached hydrogen (secondary N) is 2. The fourth-order valence-corrected chi connectivity index (χ4v) is 4.65. The van der Waals surface area contributed by atoms with Crippen molar-refractivity contribution in [2.75, 3.05) is 0 Å². The monoisotopic (exact) mass is 419 g/mol. The van der Waals surface area contributed by atoms with Crippen LogP contribution in [0.2, 0.25) is 0 Å². The summed E-state index contributed by atoms with van der Waals surface area (Å²) in [6.45, 7) is 0.0879. The molecule has 2 aromatic carbocycles. The van der Waals surface area contributed by atoms with Crippen molar-refractivity contribution in [3.8, 4) is 0 Å². The first-order valence-corrected chi connectivity index (χ1v) is 10.1. The number of carboxylic acid groups (broad SMARTS) is 1. The van der Waals surface area contributed by atoms with Gasteiger partial charge in [0.15, 0.2) is 0 Å². The Morgan fingerprint density at radius 2 is 1.87 bits per heavy atom. The summed E-state index contributed by atoms with van der Waals surface area (Å²) in [5, 5.41) is 13.4. The molecule has 0 saturated carbocycles.